The van der Waals surface area contributed by atoms with Crippen LogP contribution in [0.3, 0.4) is 0 Å². The van der Waals surface area contributed by atoms with E-state index in [1.165, 1.54) is 161 Å². The predicted molar refractivity (Wildman–Crippen MR) is 316 cm³/mol. The standard InChI is InChI=1S/C65H118O14/c1-3-5-7-9-11-13-15-17-19-21-23-25-27-28-30-32-34-36-38-40-42-44-46-48-57(67)77-54(51-74-49-47-45-43-41-39-37-35-33-31-29-26-24-22-20-18-16-14-12-10-8-6-4-2)52-75-64-63(73)61(71)59(69)56(79-64)53-76-65-62(72)60(70)58(68)55(50-66)78-65/h5,7,11,13,17,19,23,25,54-56,58-66,68-73H,3-4,6,8-10,12,14-16,18,20-22,24,26-53H2,1-2H3/b7-5-,13-11-,19-17-,25-23-. The first-order chi connectivity index (χ1) is 38.6. The summed E-state index contributed by atoms with van der Waals surface area (Å²) in [5.41, 5.74) is 0. The van der Waals surface area contributed by atoms with E-state index in [0.29, 0.717) is 13.0 Å². The quantitative estimate of drug-likeness (QED) is 0.0172. The Balaban J connectivity index is 1.67. The molecule has 0 spiro atoms. The van der Waals surface area contributed by atoms with Crippen LogP contribution in [0.5, 0.6) is 0 Å². The van der Waals surface area contributed by atoms with E-state index in [9.17, 15) is 40.5 Å². The van der Waals surface area contributed by atoms with Crippen molar-refractivity contribution in [2.75, 3.05) is 33.0 Å². The Kier molecular flexibility index (Phi) is 47.7. The van der Waals surface area contributed by atoms with E-state index in [1.807, 2.05) is 0 Å². The third-order valence-electron chi connectivity index (χ3n) is 15.4. The third kappa shape index (κ3) is 37.7. The van der Waals surface area contributed by atoms with Gasteiger partial charge in [0.15, 0.2) is 12.6 Å². The molecule has 0 bridgehead atoms. The minimum absolute atomic E-state index is 0.0626. The van der Waals surface area contributed by atoms with Crippen molar-refractivity contribution in [2.24, 2.45) is 0 Å². The van der Waals surface area contributed by atoms with Crippen molar-refractivity contribution in [2.45, 2.75) is 325 Å². The number of unbranched alkanes of at least 4 members (excludes halogenated alkanes) is 31. The maximum atomic E-state index is 13.1. The maximum Gasteiger partial charge on any atom is 0.306 e. The Hall–Kier alpha value is -2.05. The van der Waals surface area contributed by atoms with Crippen LogP contribution >= 0.6 is 0 Å². The van der Waals surface area contributed by atoms with Crippen molar-refractivity contribution in [1.82, 2.24) is 0 Å². The summed E-state index contributed by atoms with van der Waals surface area (Å²) >= 11 is 0. The highest BCUT2D eigenvalue weighted by Crippen LogP contribution is 2.27. The lowest BCUT2D eigenvalue weighted by molar-refractivity contribution is -0.332. The molecule has 0 aromatic heterocycles. The predicted octanol–water partition coefficient (Wildman–Crippen LogP) is 12.6. The van der Waals surface area contributed by atoms with Crippen molar-refractivity contribution in [3.63, 3.8) is 0 Å². The number of hydrogen-bond acceptors (Lipinski definition) is 14. The van der Waals surface area contributed by atoms with Gasteiger partial charge in [-0.3, -0.25) is 4.79 Å². The second-order valence-corrected chi connectivity index (χ2v) is 22.6. The first-order valence-corrected chi connectivity index (χ1v) is 32.2. The first-order valence-electron chi connectivity index (χ1n) is 32.2. The van der Waals surface area contributed by atoms with E-state index >= 15 is 0 Å². The van der Waals surface area contributed by atoms with E-state index in [2.05, 4.69) is 62.5 Å². The second kappa shape index (κ2) is 51.6. The highest BCUT2D eigenvalue weighted by molar-refractivity contribution is 5.69. The molecule has 2 fully saturated rings. The van der Waals surface area contributed by atoms with E-state index in [4.69, 9.17) is 28.4 Å². The number of hydrogen-bond donors (Lipinski definition) is 7. The fourth-order valence-electron chi connectivity index (χ4n) is 10.2. The molecule has 11 atom stereocenters. The summed E-state index contributed by atoms with van der Waals surface area (Å²) in [5, 5.41) is 72.5. The van der Waals surface area contributed by atoms with Gasteiger partial charge in [0.25, 0.3) is 0 Å². The van der Waals surface area contributed by atoms with Gasteiger partial charge in [0.05, 0.1) is 26.4 Å². The highest BCUT2D eigenvalue weighted by Gasteiger charge is 2.47. The number of aliphatic hydroxyl groups excluding tert-OH is 7. The van der Waals surface area contributed by atoms with Crippen LogP contribution in [0.25, 0.3) is 0 Å². The third-order valence-corrected chi connectivity index (χ3v) is 15.4. The molecule has 0 aromatic rings. The van der Waals surface area contributed by atoms with E-state index in [0.717, 1.165) is 70.6 Å². The van der Waals surface area contributed by atoms with Crippen LogP contribution in [0.4, 0.5) is 0 Å². The molecule has 2 saturated heterocycles. The zero-order chi connectivity index (χ0) is 57.2. The van der Waals surface area contributed by atoms with Crippen LogP contribution in [-0.4, -0.2) is 142 Å². The van der Waals surface area contributed by atoms with Crippen molar-refractivity contribution in [3.05, 3.63) is 48.6 Å². The normalized spacial score (nSPS) is 24.3. The summed E-state index contributed by atoms with van der Waals surface area (Å²) in [6, 6.07) is 0. The SMILES string of the molecule is CC/C=C\C/C=C\C/C=C\C/C=C\CCCCCCCCCCCCC(=O)OC(COCCCCCCCCCCCCCCCCCCCCCCCC)COC1OC(COC2OC(CO)C(O)C(O)C2O)C(O)C(O)C1O. The highest BCUT2D eigenvalue weighted by atomic mass is 16.7. The van der Waals surface area contributed by atoms with Crippen LogP contribution in [0, 0.1) is 0 Å². The number of esters is 1. The Labute approximate surface area is 480 Å². The lowest BCUT2D eigenvalue weighted by atomic mass is 9.98. The van der Waals surface area contributed by atoms with Crippen molar-refractivity contribution in [1.29, 1.82) is 0 Å². The summed E-state index contributed by atoms with van der Waals surface area (Å²) < 4.78 is 34.5. The molecule has 14 nitrogen and oxygen atoms in total. The molecule has 2 heterocycles. The molecule has 2 rings (SSSR count). The largest absolute Gasteiger partial charge is 0.457 e. The second-order valence-electron chi connectivity index (χ2n) is 22.6. The molecular formula is C65H118O14. The molecule has 462 valence electrons. The first kappa shape index (κ1) is 73.1. The molecule has 0 saturated carbocycles. The Morgan fingerprint density at radius 3 is 1.29 bits per heavy atom. The molecule has 14 heteroatoms. The zero-order valence-electron chi connectivity index (χ0n) is 49.9. The van der Waals surface area contributed by atoms with Gasteiger partial charge >= 0.3 is 5.97 Å². The average molecular weight is 1120 g/mol. The molecule has 2 aliphatic rings. The molecule has 0 amide bonds. The monoisotopic (exact) mass is 1120 g/mol. The fourth-order valence-corrected chi connectivity index (χ4v) is 10.2. The van der Waals surface area contributed by atoms with E-state index in [-0.39, 0.29) is 25.6 Å². The smallest absolute Gasteiger partial charge is 0.306 e. The molecule has 0 radical (unpaired) electrons. The van der Waals surface area contributed by atoms with Gasteiger partial charge in [0, 0.05) is 13.0 Å². The molecule has 7 N–H and O–H groups in total. The molecular weight excluding hydrogens is 1000 g/mol. The van der Waals surface area contributed by atoms with Gasteiger partial charge < -0.3 is 64.2 Å². The Morgan fingerprint density at radius 1 is 0.430 bits per heavy atom. The van der Waals surface area contributed by atoms with Crippen molar-refractivity contribution >= 4 is 5.97 Å². The van der Waals surface area contributed by atoms with Crippen LogP contribution in [-0.2, 0) is 33.2 Å². The topological polar surface area (TPSA) is 214 Å². The number of carbonyl (C=O) groups excluding carboxylic acids is 1. The summed E-state index contributed by atoms with van der Waals surface area (Å²) in [6.45, 7) is 3.63. The lowest BCUT2D eigenvalue weighted by Crippen LogP contribution is -2.61. The van der Waals surface area contributed by atoms with Gasteiger partial charge in [0.1, 0.15) is 54.9 Å². The average Bonchev–Trinajstić information content (AvgIpc) is 3.46. The van der Waals surface area contributed by atoms with Gasteiger partial charge in [-0.1, -0.05) is 249 Å². The fraction of sp³-hybridized carbons (Fsp3) is 0.862. The molecule has 0 aromatic carbocycles. The maximum absolute atomic E-state index is 13.1. The number of aliphatic hydroxyl groups is 7. The van der Waals surface area contributed by atoms with Crippen molar-refractivity contribution < 1.29 is 69.0 Å². The van der Waals surface area contributed by atoms with Crippen LogP contribution in [0.1, 0.15) is 258 Å². The van der Waals surface area contributed by atoms with Gasteiger partial charge in [-0.2, -0.15) is 0 Å². The zero-order valence-corrected chi connectivity index (χ0v) is 49.9. The van der Waals surface area contributed by atoms with Gasteiger partial charge in [0.2, 0.25) is 0 Å². The van der Waals surface area contributed by atoms with E-state index < -0.39 is 80.7 Å². The number of ether oxygens (including phenoxy) is 6. The summed E-state index contributed by atoms with van der Waals surface area (Å²) in [4.78, 5) is 13.1. The van der Waals surface area contributed by atoms with Gasteiger partial charge in [-0.25, -0.2) is 0 Å². The molecule has 11 unspecified atom stereocenters. The number of allylic oxidation sites excluding steroid dienone is 8. The number of rotatable bonds is 53. The van der Waals surface area contributed by atoms with E-state index in [1.54, 1.807) is 0 Å². The molecule has 0 aliphatic carbocycles. The van der Waals surface area contributed by atoms with Crippen LogP contribution in [0.15, 0.2) is 48.6 Å². The lowest BCUT2D eigenvalue weighted by Gasteiger charge is -2.42. The van der Waals surface area contributed by atoms with Crippen LogP contribution < -0.4 is 0 Å². The number of carbonyl (C=O) groups is 1. The Morgan fingerprint density at radius 2 is 0.823 bits per heavy atom. The molecule has 2 aliphatic heterocycles. The minimum Gasteiger partial charge on any atom is -0.457 e. The summed E-state index contributed by atoms with van der Waals surface area (Å²) in [7, 11) is 0. The van der Waals surface area contributed by atoms with Crippen LogP contribution in [0.2, 0.25) is 0 Å². The summed E-state index contributed by atoms with van der Waals surface area (Å²) in [6.07, 6.45) is 47.5. The van der Waals surface area contributed by atoms with Gasteiger partial charge in [-0.15, -0.1) is 0 Å². The van der Waals surface area contributed by atoms with Crippen molar-refractivity contribution in [3.8, 4) is 0 Å². The molecule has 79 heavy (non-hydrogen) atoms. The minimum atomic E-state index is -1.71. The summed E-state index contributed by atoms with van der Waals surface area (Å²) in [5.74, 6) is -0.377. The Bertz CT molecular complexity index is 1490. The van der Waals surface area contributed by atoms with Gasteiger partial charge in [-0.05, 0) is 51.4 Å².